The maximum Gasteiger partial charge on any atom is 0.263 e. The number of rotatable bonds is 6. The molecule has 0 aliphatic carbocycles. The summed E-state index contributed by atoms with van der Waals surface area (Å²) in [7, 11) is 1.66. The highest BCUT2D eigenvalue weighted by molar-refractivity contribution is 5.81. The van der Waals surface area contributed by atoms with Crippen molar-refractivity contribution in [3.63, 3.8) is 0 Å². The van der Waals surface area contributed by atoms with E-state index < -0.39 is 6.10 Å². The van der Waals surface area contributed by atoms with E-state index in [4.69, 9.17) is 9.47 Å². The predicted molar refractivity (Wildman–Crippen MR) is 103 cm³/mol. The summed E-state index contributed by atoms with van der Waals surface area (Å²) in [6, 6.07) is 13.7. The van der Waals surface area contributed by atoms with Crippen LogP contribution in [0.5, 0.6) is 11.5 Å². The van der Waals surface area contributed by atoms with Gasteiger partial charge in [-0.2, -0.15) is 0 Å². The van der Waals surface area contributed by atoms with Crippen molar-refractivity contribution < 1.29 is 18.7 Å². The van der Waals surface area contributed by atoms with Gasteiger partial charge in [0.1, 0.15) is 17.3 Å². The zero-order chi connectivity index (χ0) is 19.2. The average Bonchev–Trinajstić information content (AvgIpc) is 2.73. The number of halogens is 1. The van der Waals surface area contributed by atoms with E-state index in [1.165, 1.54) is 12.1 Å². The standard InChI is InChI=1S/C21H25FN2O3/c1-3-19(27-17-10-8-16(22)9-11-17)21(25)24-14-12-23(13-15-24)18-6-4-5-7-20(18)26-2/h4-11,19H,3,12-15H2,1-2H3/t19-/m1/s1. The number of nitrogens with zero attached hydrogens (tertiary/aromatic N) is 2. The Balaban J connectivity index is 1.60. The molecule has 1 heterocycles. The van der Waals surface area contributed by atoms with E-state index in [9.17, 15) is 9.18 Å². The number of hydrogen-bond donors (Lipinski definition) is 0. The molecule has 5 nitrogen and oxygen atoms in total. The van der Waals surface area contributed by atoms with Gasteiger partial charge in [-0.15, -0.1) is 0 Å². The molecule has 1 atom stereocenters. The molecular formula is C21H25FN2O3. The van der Waals surface area contributed by atoms with Gasteiger partial charge in [0.15, 0.2) is 6.10 Å². The maximum absolute atomic E-state index is 13.0. The molecule has 0 saturated carbocycles. The zero-order valence-electron chi connectivity index (χ0n) is 15.7. The van der Waals surface area contributed by atoms with Crippen molar-refractivity contribution in [2.45, 2.75) is 19.4 Å². The molecule has 0 unspecified atom stereocenters. The van der Waals surface area contributed by atoms with Crippen LogP contribution in [0.25, 0.3) is 0 Å². The molecule has 144 valence electrons. The summed E-state index contributed by atoms with van der Waals surface area (Å²) in [5, 5.41) is 0. The summed E-state index contributed by atoms with van der Waals surface area (Å²) in [5.74, 6) is 0.989. The van der Waals surface area contributed by atoms with E-state index in [1.807, 2.05) is 36.1 Å². The van der Waals surface area contributed by atoms with E-state index >= 15 is 0 Å². The number of carbonyl (C=O) groups excluding carboxylic acids is 1. The monoisotopic (exact) mass is 372 g/mol. The molecule has 1 amide bonds. The van der Waals surface area contributed by atoms with Gasteiger partial charge in [-0.25, -0.2) is 4.39 Å². The van der Waals surface area contributed by atoms with Gasteiger partial charge < -0.3 is 19.3 Å². The molecule has 2 aromatic carbocycles. The number of piperazine rings is 1. The highest BCUT2D eigenvalue weighted by Gasteiger charge is 2.28. The lowest BCUT2D eigenvalue weighted by molar-refractivity contribution is -0.139. The largest absolute Gasteiger partial charge is 0.495 e. The van der Waals surface area contributed by atoms with Crippen LogP contribution in [0, 0.1) is 5.82 Å². The molecule has 3 rings (SSSR count). The van der Waals surface area contributed by atoms with Crippen LogP contribution in [0.3, 0.4) is 0 Å². The molecule has 1 aliphatic rings. The summed E-state index contributed by atoms with van der Waals surface area (Å²) in [5.41, 5.74) is 1.04. The lowest BCUT2D eigenvalue weighted by Gasteiger charge is -2.37. The van der Waals surface area contributed by atoms with Gasteiger partial charge in [0.05, 0.1) is 12.8 Å². The Morgan fingerprint density at radius 1 is 1.07 bits per heavy atom. The Morgan fingerprint density at radius 2 is 1.74 bits per heavy atom. The van der Waals surface area contributed by atoms with Gasteiger partial charge in [0, 0.05) is 26.2 Å². The molecule has 0 spiro atoms. The second kappa shape index (κ2) is 8.75. The molecule has 1 saturated heterocycles. The van der Waals surface area contributed by atoms with E-state index in [1.54, 1.807) is 19.2 Å². The highest BCUT2D eigenvalue weighted by Crippen LogP contribution is 2.28. The van der Waals surface area contributed by atoms with E-state index in [0.29, 0.717) is 25.3 Å². The van der Waals surface area contributed by atoms with Crippen molar-refractivity contribution in [2.24, 2.45) is 0 Å². The molecule has 0 bridgehead atoms. The van der Waals surface area contributed by atoms with E-state index in [0.717, 1.165) is 24.5 Å². The smallest absolute Gasteiger partial charge is 0.263 e. The second-order valence-corrected chi connectivity index (χ2v) is 6.45. The Kier molecular flexibility index (Phi) is 6.16. The lowest BCUT2D eigenvalue weighted by atomic mass is 10.2. The second-order valence-electron chi connectivity index (χ2n) is 6.45. The quantitative estimate of drug-likeness (QED) is 0.780. The first-order chi connectivity index (χ1) is 13.1. The van der Waals surface area contributed by atoms with Crippen LogP contribution in [0.15, 0.2) is 48.5 Å². The van der Waals surface area contributed by atoms with E-state index in [2.05, 4.69) is 4.90 Å². The molecule has 1 aliphatic heterocycles. The Morgan fingerprint density at radius 3 is 2.37 bits per heavy atom. The molecule has 6 heteroatoms. The minimum absolute atomic E-state index is 0.0264. The van der Waals surface area contributed by atoms with Gasteiger partial charge in [0.25, 0.3) is 5.91 Å². The number of para-hydroxylation sites is 2. The molecule has 2 aromatic rings. The van der Waals surface area contributed by atoms with E-state index in [-0.39, 0.29) is 11.7 Å². The summed E-state index contributed by atoms with van der Waals surface area (Å²) < 4.78 is 24.3. The van der Waals surface area contributed by atoms with Crippen molar-refractivity contribution in [3.8, 4) is 11.5 Å². The summed E-state index contributed by atoms with van der Waals surface area (Å²) in [6.07, 6.45) is -0.00332. The first-order valence-electron chi connectivity index (χ1n) is 9.21. The molecule has 27 heavy (non-hydrogen) atoms. The van der Waals surface area contributed by atoms with Crippen molar-refractivity contribution in [1.29, 1.82) is 0 Å². The Hall–Kier alpha value is -2.76. The molecule has 0 N–H and O–H groups in total. The number of ether oxygens (including phenoxy) is 2. The molecule has 0 radical (unpaired) electrons. The van der Waals surface area contributed by atoms with Gasteiger partial charge in [-0.05, 0) is 42.8 Å². The predicted octanol–water partition coefficient (Wildman–Crippen LogP) is 3.34. The van der Waals surface area contributed by atoms with Crippen LogP contribution >= 0.6 is 0 Å². The number of anilines is 1. The number of amides is 1. The molecule has 0 aromatic heterocycles. The fourth-order valence-electron chi connectivity index (χ4n) is 3.25. The van der Waals surface area contributed by atoms with Crippen LogP contribution in [-0.4, -0.2) is 50.2 Å². The fraction of sp³-hybridized carbons (Fsp3) is 0.381. The van der Waals surface area contributed by atoms with Gasteiger partial charge in [-0.1, -0.05) is 19.1 Å². The zero-order valence-corrected chi connectivity index (χ0v) is 15.7. The van der Waals surface area contributed by atoms with Crippen LogP contribution in [0.1, 0.15) is 13.3 Å². The van der Waals surface area contributed by atoms with Crippen LogP contribution < -0.4 is 14.4 Å². The van der Waals surface area contributed by atoms with Gasteiger partial charge in [0.2, 0.25) is 0 Å². The van der Waals surface area contributed by atoms with Gasteiger partial charge in [-0.3, -0.25) is 4.79 Å². The number of benzene rings is 2. The molecular weight excluding hydrogens is 347 g/mol. The van der Waals surface area contributed by atoms with Crippen molar-refractivity contribution in [1.82, 2.24) is 4.90 Å². The summed E-state index contributed by atoms with van der Waals surface area (Å²) >= 11 is 0. The SMILES string of the molecule is CC[C@@H](Oc1ccc(F)cc1)C(=O)N1CCN(c2ccccc2OC)CC1. The first-order valence-corrected chi connectivity index (χ1v) is 9.21. The first kappa shape index (κ1) is 19.0. The van der Waals surface area contributed by atoms with Crippen molar-refractivity contribution in [2.75, 3.05) is 38.2 Å². The van der Waals surface area contributed by atoms with Crippen molar-refractivity contribution in [3.05, 3.63) is 54.3 Å². The third-order valence-electron chi connectivity index (χ3n) is 4.76. The fourth-order valence-corrected chi connectivity index (χ4v) is 3.25. The minimum atomic E-state index is -0.562. The lowest BCUT2D eigenvalue weighted by Crippen LogP contribution is -2.52. The van der Waals surface area contributed by atoms with Crippen LogP contribution in [-0.2, 0) is 4.79 Å². The number of methoxy groups -OCH3 is 1. The highest BCUT2D eigenvalue weighted by atomic mass is 19.1. The number of carbonyl (C=O) groups is 1. The molecule has 1 fully saturated rings. The van der Waals surface area contributed by atoms with Gasteiger partial charge >= 0.3 is 0 Å². The van der Waals surface area contributed by atoms with Crippen molar-refractivity contribution >= 4 is 11.6 Å². The average molecular weight is 372 g/mol. The maximum atomic E-state index is 13.0. The third kappa shape index (κ3) is 4.51. The number of hydrogen-bond acceptors (Lipinski definition) is 4. The Labute approximate surface area is 159 Å². The topological polar surface area (TPSA) is 42.0 Å². The third-order valence-corrected chi connectivity index (χ3v) is 4.76. The van der Waals surface area contributed by atoms with Crippen LogP contribution in [0.2, 0.25) is 0 Å². The Bertz CT molecular complexity index is 758. The summed E-state index contributed by atoms with van der Waals surface area (Å²) in [6.45, 7) is 4.63. The normalized spacial score (nSPS) is 15.4. The summed E-state index contributed by atoms with van der Waals surface area (Å²) in [4.78, 5) is 16.9. The minimum Gasteiger partial charge on any atom is -0.495 e. The van der Waals surface area contributed by atoms with Crippen LogP contribution in [0.4, 0.5) is 10.1 Å².